The van der Waals surface area contributed by atoms with E-state index in [4.69, 9.17) is 4.74 Å². The van der Waals surface area contributed by atoms with Crippen LogP contribution in [-0.2, 0) is 19.7 Å². The second kappa shape index (κ2) is 6.93. The molecule has 0 fully saturated rings. The van der Waals surface area contributed by atoms with Crippen LogP contribution in [0, 0.1) is 5.92 Å². The van der Waals surface area contributed by atoms with Crippen LogP contribution in [0.1, 0.15) is 67.7 Å². The Morgan fingerprint density at radius 1 is 1.18 bits per heavy atom. The van der Waals surface area contributed by atoms with Gasteiger partial charge >= 0.3 is 11.9 Å². The predicted molar refractivity (Wildman–Crippen MR) is 104 cm³/mol. The highest BCUT2D eigenvalue weighted by molar-refractivity contribution is 6.08. The van der Waals surface area contributed by atoms with E-state index < -0.39 is 35.0 Å². The van der Waals surface area contributed by atoms with Crippen molar-refractivity contribution < 1.29 is 24.2 Å². The normalized spacial score (nSPS) is 15.1. The molecule has 1 N–H and O–H groups in total. The van der Waals surface area contributed by atoms with E-state index in [1.165, 1.54) is 0 Å². The van der Waals surface area contributed by atoms with Gasteiger partial charge < -0.3 is 14.4 Å². The Labute approximate surface area is 164 Å². The third kappa shape index (κ3) is 2.84. The number of fused-ring (bicyclic) bond motifs is 3. The predicted octanol–water partition coefficient (Wildman–Crippen LogP) is 3.69. The van der Waals surface area contributed by atoms with Gasteiger partial charge in [-0.1, -0.05) is 45.9 Å². The Kier molecular flexibility index (Phi) is 4.91. The van der Waals surface area contributed by atoms with Crippen molar-refractivity contribution in [2.24, 2.45) is 5.92 Å². The maximum absolute atomic E-state index is 12.9. The zero-order valence-corrected chi connectivity index (χ0v) is 16.8. The number of carboxylic acid groups (broad SMARTS) is 1. The number of Topliss-reactive ketones (excluding diaryl/α,β-unsaturated/α-hetero) is 1. The molecule has 0 saturated heterocycles. The fraction of sp³-hybridized carbons (Fsp3) is 0.409. The summed E-state index contributed by atoms with van der Waals surface area (Å²) >= 11 is 0. The number of benzene rings is 1. The summed E-state index contributed by atoms with van der Waals surface area (Å²) in [5.41, 5.74) is 2.40. The quantitative estimate of drug-likeness (QED) is 0.607. The molecule has 28 heavy (non-hydrogen) atoms. The molecule has 0 bridgehead atoms. The van der Waals surface area contributed by atoms with Gasteiger partial charge in [0.1, 0.15) is 5.92 Å². The van der Waals surface area contributed by atoms with Gasteiger partial charge in [0.05, 0.1) is 12.2 Å². The zero-order chi connectivity index (χ0) is 20.8. The van der Waals surface area contributed by atoms with Gasteiger partial charge in [0.15, 0.2) is 5.78 Å². The van der Waals surface area contributed by atoms with Crippen LogP contribution in [0.4, 0.5) is 0 Å². The summed E-state index contributed by atoms with van der Waals surface area (Å²) in [5, 5.41) is 9.82. The van der Waals surface area contributed by atoms with Crippen LogP contribution in [0.15, 0.2) is 30.5 Å². The van der Waals surface area contributed by atoms with Crippen LogP contribution in [0.25, 0.3) is 5.69 Å². The maximum Gasteiger partial charge on any atom is 0.340 e. The number of ketones is 1. The molecule has 1 unspecified atom stereocenters. The lowest BCUT2D eigenvalue weighted by Gasteiger charge is -2.22. The molecule has 0 radical (unpaired) electrons. The van der Waals surface area contributed by atoms with E-state index in [-0.39, 0.29) is 17.7 Å². The van der Waals surface area contributed by atoms with Gasteiger partial charge in [-0.3, -0.25) is 9.59 Å². The van der Waals surface area contributed by atoms with Crippen molar-refractivity contribution in [1.82, 2.24) is 4.57 Å². The van der Waals surface area contributed by atoms with E-state index in [1.54, 1.807) is 27.0 Å². The SMILES string of the molecule is CCOC(=O)c1c(C(C(=O)O)C(=O)C(C)C)cn2c1C(C)(C)c1ccccc1-2. The highest BCUT2D eigenvalue weighted by Crippen LogP contribution is 2.47. The van der Waals surface area contributed by atoms with E-state index >= 15 is 0 Å². The number of rotatable bonds is 6. The number of carbonyl (C=O) groups excluding carboxylic acids is 2. The molecule has 0 spiro atoms. The molecule has 6 nitrogen and oxygen atoms in total. The molecule has 1 atom stereocenters. The molecular formula is C22H25NO5. The molecule has 3 rings (SSSR count). The van der Waals surface area contributed by atoms with Crippen LogP contribution in [0.3, 0.4) is 0 Å². The van der Waals surface area contributed by atoms with Gasteiger partial charge in [-0.05, 0) is 18.6 Å². The van der Waals surface area contributed by atoms with Crippen molar-refractivity contribution in [3.8, 4) is 5.69 Å². The average Bonchev–Trinajstić information content (AvgIpc) is 3.11. The summed E-state index contributed by atoms with van der Waals surface area (Å²) < 4.78 is 7.09. The third-order valence-corrected chi connectivity index (χ3v) is 5.35. The van der Waals surface area contributed by atoms with Gasteiger partial charge in [0.25, 0.3) is 0 Å². The number of esters is 1. The number of carbonyl (C=O) groups is 3. The largest absolute Gasteiger partial charge is 0.480 e. The fourth-order valence-electron chi connectivity index (χ4n) is 4.05. The van der Waals surface area contributed by atoms with Crippen LogP contribution < -0.4 is 0 Å². The van der Waals surface area contributed by atoms with Crippen molar-refractivity contribution >= 4 is 17.7 Å². The van der Waals surface area contributed by atoms with Crippen molar-refractivity contribution in [3.63, 3.8) is 0 Å². The number of aromatic nitrogens is 1. The number of carboxylic acids is 1. The molecule has 0 aliphatic carbocycles. The Morgan fingerprint density at radius 3 is 2.39 bits per heavy atom. The fourth-order valence-corrected chi connectivity index (χ4v) is 4.05. The molecule has 0 amide bonds. The Morgan fingerprint density at radius 2 is 1.82 bits per heavy atom. The molecule has 1 aromatic carbocycles. The summed E-state index contributed by atoms with van der Waals surface area (Å²) in [6.07, 6.45) is 1.62. The lowest BCUT2D eigenvalue weighted by molar-refractivity contribution is -0.143. The van der Waals surface area contributed by atoms with Crippen LogP contribution in [0.2, 0.25) is 0 Å². The molecular weight excluding hydrogens is 358 g/mol. The van der Waals surface area contributed by atoms with Gasteiger partial charge in [0.2, 0.25) is 0 Å². The van der Waals surface area contributed by atoms with Gasteiger partial charge in [-0.15, -0.1) is 0 Å². The second-order valence-corrected chi connectivity index (χ2v) is 7.87. The average molecular weight is 383 g/mol. The van der Waals surface area contributed by atoms with Gasteiger partial charge in [-0.25, -0.2) is 4.79 Å². The van der Waals surface area contributed by atoms with Crippen molar-refractivity contribution in [2.75, 3.05) is 6.61 Å². The first kappa shape index (κ1) is 19.9. The van der Waals surface area contributed by atoms with Crippen molar-refractivity contribution in [2.45, 2.75) is 46.0 Å². The molecule has 6 heteroatoms. The Hall–Kier alpha value is -2.89. The van der Waals surface area contributed by atoms with Gasteiger partial charge in [-0.2, -0.15) is 0 Å². The van der Waals surface area contributed by atoms with Crippen LogP contribution in [0.5, 0.6) is 0 Å². The Balaban J connectivity index is 2.34. The standard InChI is InChI=1S/C22H25NO5/c1-6-28-21(27)17-13(16(20(25)26)18(24)12(2)3)11-23-15-10-8-7-9-14(15)22(4,5)19(17)23/h7-12,16H,6H2,1-5H3,(H,25,26). The molecule has 148 valence electrons. The number of ether oxygens (including phenoxy) is 1. The number of aliphatic carboxylic acids is 1. The number of para-hydroxylation sites is 1. The first-order valence-corrected chi connectivity index (χ1v) is 9.42. The first-order chi connectivity index (χ1) is 13.1. The molecule has 1 aliphatic rings. The van der Waals surface area contributed by atoms with Gasteiger partial charge in [0, 0.05) is 34.5 Å². The van der Waals surface area contributed by atoms with E-state index in [9.17, 15) is 19.5 Å². The van der Waals surface area contributed by atoms with E-state index in [1.807, 2.05) is 42.7 Å². The number of nitrogens with zero attached hydrogens (tertiary/aromatic N) is 1. The summed E-state index contributed by atoms with van der Waals surface area (Å²) in [7, 11) is 0. The van der Waals surface area contributed by atoms with Crippen LogP contribution >= 0.6 is 0 Å². The number of hydrogen-bond donors (Lipinski definition) is 1. The topological polar surface area (TPSA) is 85.6 Å². The van der Waals surface area contributed by atoms with Crippen LogP contribution in [-0.4, -0.2) is 34.0 Å². The van der Waals surface area contributed by atoms with E-state index in [0.717, 1.165) is 11.3 Å². The highest BCUT2D eigenvalue weighted by atomic mass is 16.5. The molecule has 2 aromatic rings. The summed E-state index contributed by atoms with van der Waals surface area (Å²) in [6.45, 7) is 9.14. The Bertz CT molecular complexity index is 967. The summed E-state index contributed by atoms with van der Waals surface area (Å²) in [4.78, 5) is 37.6. The summed E-state index contributed by atoms with van der Waals surface area (Å²) in [5.74, 6) is -4.20. The summed E-state index contributed by atoms with van der Waals surface area (Å²) in [6, 6.07) is 7.74. The van der Waals surface area contributed by atoms with E-state index in [2.05, 4.69) is 0 Å². The van der Waals surface area contributed by atoms with Crippen molar-refractivity contribution in [1.29, 1.82) is 0 Å². The zero-order valence-electron chi connectivity index (χ0n) is 16.8. The lowest BCUT2D eigenvalue weighted by Crippen LogP contribution is -2.28. The molecule has 1 aromatic heterocycles. The lowest BCUT2D eigenvalue weighted by atomic mass is 9.79. The number of hydrogen-bond acceptors (Lipinski definition) is 4. The minimum Gasteiger partial charge on any atom is -0.480 e. The maximum atomic E-state index is 12.9. The van der Waals surface area contributed by atoms with Crippen molar-refractivity contribution in [3.05, 3.63) is 52.8 Å². The highest BCUT2D eigenvalue weighted by Gasteiger charge is 2.45. The monoisotopic (exact) mass is 383 g/mol. The third-order valence-electron chi connectivity index (χ3n) is 5.35. The molecule has 1 aliphatic heterocycles. The van der Waals surface area contributed by atoms with E-state index in [0.29, 0.717) is 5.69 Å². The minimum absolute atomic E-state index is 0.159. The minimum atomic E-state index is -1.42. The first-order valence-electron chi connectivity index (χ1n) is 9.42. The second-order valence-electron chi connectivity index (χ2n) is 7.87. The smallest absolute Gasteiger partial charge is 0.340 e. The molecule has 0 saturated carbocycles. The molecule has 2 heterocycles.